The smallest absolute Gasteiger partial charge is 0.191 e. The van der Waals surface area contributed by atoms with E-state index in [-0.39, 0.29) is 5.82 Å². The number of hydrogen-bond acceptors (Lipinski definition) is 3. The summed E-state index contributed by atoms with van der Waals surface area (Å²) in [6.45, 7) is 4.09. The first-order valence-corrected chi connectivity index (χ1v) is 8.81. The zero-order chi connectivity index (χ0) is 18.2. The van der Waals surface area contributed by atoms with Gasteiger partial charge >= 0.3 is 0 Å². The van der Waals surface area contributed by atoms with Gasteiger partial charge in [-0.2, -0.15) is 0 Å². The third-order valence-electron chi connectivity index (χ3n) is 3.93. The molecule has 3 aromatic rings. The number of guanidine groups is 1. The van der Waals surface area contributed by atoms with Crippen molar-refractivity contribution in [2.75, 3.05) is 13.1 Å². The van der Waals surface area contributed by atoms with Gasteiger partial charge in [0.15, 0.2) is 11.6 Å². The molecular weight excluding hydrogens is 331 g/mol. The highest BCUT2D eigenvalue weighted by molar-refractivity contribution is 5.79. The van der Waals surface area contributed by atoms with E-state index in [0.29, 0.717) is 6.54 Å². The summed E-state index contributed by atoms with van der Waals surface area (Å²) in [6.07, 6.45) is 3.72. The number of rotatable bonds is 7. The van der Waals surface area contributed by atoms with Gasteiger partial charge in [0.05, 0.1) is 6.54 Å². The van der Waals surface area contributed by atoms with Crippen LogP contribution in [-0.2, 0) is 13.0 Å². The number of aliphatic imine (C=N–C) groups is 1. The van der Waals surface area contributed by atoms with E-state index in [0.717, 1.165) is 48.9 Å². The molecule has 0 spiro atoms. The fourth-order valence-electron chi connectivity index (χ4n) is 2.62. The van der Waals surface area contributed by atoms with Crippen LogP contribution in [0.1, 0.15) is 24.7 Å². The SMILES string of the molecule is CCNC(=NCc1ccc(F)cc1)NCCCc1nnc2ccccn12. The van der Waals surface area contributed by atoms with Gasteiger partial charge in [-0.15, -0.1) is 10.2 Å². The van der Waals surface area contributed by atoms with Gasteiger partial charge in [-0.1, -0.05) is 18.2 Å². The van der Waals surface area contributed by atoms with Gasteiger partial charge in [0.25, 0.3) is 0 Å². The molecule has 0 atom stereocenters. The Bertz CT molecular complexity index is 856. The van der Waals surface area contributed by atoms with Gasteiger partial charge in [0.1, 0.15) is 11.6 Å². The lowest BCUT2D eigenvalue weighted by Crippen LogP contribution is -2.37. The maximum atomic E-state index is 13.0. The van der Waals surface area contributed by atoms with Crippen LogP contribution in [0.4, 0.5) is 4.39 Å². The highest BCUT2D eigenvalue weighted by Gasteiger charge is 2.04. The van der Waals surface area contributed by atoms with Crippen LogP contribution < -0.4 is 10.6 Å². The zero-order valence-electron chi connectivity index (χ0n) is 14.8. The molecule has 1 aromatic carbocycles. The standard InChI is InChI=1S/C19H23FN6/c1-2-21-19(23-14-15-8-10-16(20)11-9-15)22-12-5-7-18-25-24-17-6-3-4-13-26(17)18/h3-4,6,8-11,13H,2,5,7,12,14H2,1H3,(H2,21,22,23). The molecule has 26 heavy (non-hydrogen) atoms. The van der Waals surface area contributed by atoms with Crippen molar-refractivity contribution in [2.45, 2.75) is 26.3 Å². The first-order chi connectivity index (χ1) is 12.8. The summed E-state index contributed by atoms with van der Waals surface area (Å²) in [6, 6.07) is 12.3. The van der Waals surface area contributed by atoms with Gasteiger partial charge in [-0.25, -0.2) is 9.38 Å². The van der Waals surface area contributed by atoms with E-state index in [1.165, 1.54) is 12.1 Å². The average Bonchev–Trinajstić information content (AvgIpc) is 3.07. The Morgan fingerprint density at radius 1 is 1.12 bits per heavy atom. The van der Waals surface area contributed by atoms with Crippen molar-refractivity contribution >= 4 is 11.6 Å². The largest absolute Gasteiger partial charge is 0.357 e. The molecule has 0 aliphatic rings. The molecule has 2 N–H and O–H groups in total. The summed E-state index contributed by atoms with van der Waals surface area (Å²) >= 11 is 0. The summed E-state index contributed by atoms with van der Waals surface area (Å²) in [5.74, 6) is 1.47. The number of aryl methyl sites for hydroxylation is 1. The summed E-state index contributed by atoms with van der Waals surface area (Å²) in [7, 11) is 0. The lowest BCUT2D eigenvalue weighted by Gasteiger charge is -2.11. The second-order valence-electron chi connectivity index (χ2n) is 5.90. The number of halogens is 1. The van der Waals surface area contributed by atoms with Gasteiger partial charge < -0.3 is 10.6 Å². The number of benzene rings is 1. The molecule has 0 saturated heterocycles. The Morgan fingerprint density at radius 3 is 2.77 bits per heavy atom. The van der Waals surface area contributed by atoms with E-state index in [9.17, 15) is 4.39 Å². The molecule has 0 radical (unpaired) electrons. The Balaban J connectivity index is 1.50. The second kappa shape index (κ2) is 8.94. The molecule has 0 aliphatic carbocycles. The summed E-state index contributed by atoms with van der Waals surface area (Å²) in [5, 5.41) is 14.9. The molecule has 0 aliphatic heterocycles. The molecule has 3 rings (SSSR count). The van der Waals surface area contributed by atoms with Crippen LogP contribution in [0.2, 0.25) is 0 Å². The maximum absolute atomic E-state index is 13.0. The van der Waals surface area contributed by atoms with Crippen molar-refractivity contribution in [3.63, 3.8) is 0 Å². The van der Waals surface area contributed by atoms with Crippen molar-refractivity contribution in [1.82, 2.24) is 25.2 Å². The topological polar surface area (TPSA) is 66.6 Å². The van der Waals surface area contributed by atoms with E-state index in [4.69, 9.17) is 0 Å². The summed E-state index contributed by atoms with van der Waals surface area (Å²) in [5.41, 5.74) is 1.84. The molecule has 2 heterocycles. The lowest BCUT2D eigenvalue weighted by atomic mass is 10.2. The summed E-state index contributed by atoms with van der Waals surface area (Å²) < 4.78 is 15.0. The second-order valence-corrected chi connectivity index (χ2v) is 5.90. The van der Waals surface area contributed by atoms with Crippen LogP contribution in [-0.4, -0.2) is 33.6 Å². The van der Waals surface area contributed by atoms with Gasteiger partial charge in [0, 0.05) is 25.7 Å². The number of nitrogens with one attached hydrogen (secondary N) is 2. The monoisotopic (exact) mass is 354 g/mol. The Hall–Kier alpha value is -2.96. The number of pyridine rings is 1. The fourth-order valence-corrected chi connectivity index (χ4v) is 2.62. The average molecular weight is 354 g/mol. The third-order valence-corrected chi connectivity index (χ3v) is 3.93. The van der Waals surface area contributed by atoms with Crippen molar-refractivity contribution in [3.05, 3.63) is 65.9 Å². The number of hydrogen-bond donors (Lipinski definition) is 2. The molecule has 0 unspecified atom stereocenters. The molecule has 6 nitrogen and oxygen atoms in total. The molecule has 2 aromatic heterocycles. The number of nitrogens with zero attached hydrogens (tertiary/aromatic N) is 4. The van der Waals surface area contributed by atoms with Crippen LogP contribution in [0, 0.1) is 5.82 Å². The number of fused-ring (bicyclic) bond motifs is 1. The summed E-state index contributed by atoms with van der Waals surface area (Å²) in [4.78, 5) is 4.54. The molecule has 136 valence electrons. The third kappa shape index (κ3) is 4.78. The molecule has 0 fully saturated rings. The highest BCUT2D eigenvalue weighted by Crippen LogP contribution is 2.05. The Morgan fingerprint density at radius 2 is 1.96 bits per heavy atom. The minimum absolute atomic E-state index is 0.233. The minimum Gasteiger partial charge on any atom is -0.357 e. The van der Waals surface area contributed by atoms with Crippen molar-refractivity contribution < 1.29 is 4.39 Å². The molecule has 7 heteroatoms. The van der Waals surface area contributed by atoms with Gasteiger partial charge in [0.2, 0.25) is 0 Å². The Labute approximate surface area is 152 Å². The van der Waals surface area contributed by atoms with Crippen molar-refractivity contribution in [3.8, 4) is 0 Å². The van der Waals surface area contributed by atoms with E-state index in [1.807, 2.05) is 35.7 Å². The highest BCUT2D eigenvalue weighted by atomic mass is 19.1. The first-order valence-electron chi connectivity index (χ1n) is 8.81. The first kappa shape index (κ1) is 17.8. The van der Waals surface area contributed by atoms with Crippen LogP contribution in [0.15, 0.2) is 53.7 Å². The molecule has 0 saturated carbocycles. The quantitative estimate of drug-likeness (QED) is 0.389. The van der Waals surface area contributed by atoms with E-state index >= 15 is 0 Å². The Kier molecular flexibility index (Phi) is 6.14. The van der Waals surface area contributed by atoms with Crippen molar-refractivity contribution in [2.24, 2.45) is 4.99 Å². The normalized spacial score (nSPS) is 11.7. The predicted molar refractivity (Wildman–Crippen MR) is 101 cm³/mol. The number of aromatic nitrogens is 3. The fraction of sp³-hybridized carbons (Fsp3) is 0.316. The predicted octanol–water partition coefficient (Wildman–Crippen LogP) is 2.56. The van der Waals surface area contributed by atoms with E-state index in [1.54, 1.807) is 12.1 Å². The molecular formula is C19H23FN6. The lowest BCUT2D eigenvalue weighted by molar-refractivity contribution is 0.627. The van der Waals surface area contributed by atoms with Gasteiger partial charge in [-0.05, 0) is 43.2 Å². The zero-order valence-corrected chi connectivity index (χ0v) is 14.8. The van der Waals surface area contributed by atoms with Crippen LogP contribution in [0.3, 0.4) is 0 Å². The van der Waals surface area contributed by atoms with Gasteiger partial charge in [-0.3, -0.25) is 4.40 Å². The minimum atomic E-state index is -0.233. The molecule has 0 bridgehead atoms. The van der Waals surface area contributed by atoms with E-state index < -0.39 is 0 Å². The van der Waals surface area contributed by atoms with Crippen LogP contribution in [0.25, 0.3) is 5.65 Å². The van der Waals surface area contributed by atoms with Crippen LogP contribution in [0.5, 0.6) is 0 Å². The molecule has 0 amide bonds. The van der Waals surface area contributed by atoms with E-state index in [2.05, 4.69) is 25.8 Å². The van der Waals surface area contributed by atoms with Crippen LogP contribution >= 0.6 is 0 Å². The maximum Gasteiger partial charge on any atom is 0.191 e. The van der Waals surface area contributed by atoms with Crippen molar-refractivity contribution in [1.29, 1.82) is 0 Å².